The molecular weight excluding hydrogens is 230 g/mol. The highest BCUT2D eigenvalue weighted by Crippen LogP contribution is 2.30. The topological polar surface area (TPSA) is 72.5 Å². The van der Waals surface area contributed by atoms with Crippen LogP contribution >= 0.6 is 0 Å². The fraction of sp³-hybridized carbons (Fsp3) is 0.900. The van der Waals surface area contributed by atoms with E-state index in [9.17, 15) is 13.2 Å². The van der Waals surface area contributed by atoms with Gasteiger partial charge in [0, 0.05) is 12.1 Å². The fourth-order valence-electron chi connectivity index (χ4n) is 2.64. The van der Waals surface area contributed by atoms with Crippen LogP contribution in [0.1, 0.15) is 25.7 Å². The Hall–Kier alpha value is -0.620. The summed E-state index contributed by atoms with van der Waals surface area (Å²) in [6.45, 7) is 0. The van der Waals surface area contributed by atoms with Crippen LogP contribution in [0.15, 0.2) is 0 Å². The Morgan fingerprint density at radius 1 is 1.31 bits per heavy atom. The average molecular weight is 247 g/mol. The molecule has 2 atom stereocenters. The van der Waals surface area contributed by atoms with Gasteiger partial charge in [-0.25, -0.2) is 8.42 Å². The van der Waals surface area contributed by atoms with E-state index in [0.717, 1.165) is 12.8 Å². The molecule has 2 unspecified atom stereocenters. The van der Waals surface area contributed by atoms with Crippen molar-refractivity contribution >= 4 is 15.8 Å². The van der Waals surface area contributed by atoms with Gasteiger partial charge in [0.15, 0.2) is 9.84 Å². The van der Waals surface area contributed by atoms with Crippen LogP contribution in [0.4, 0.5) is 0 Å². The summed E-state index contributed by atoms with van der Waals surface area (Å²) in [4.78, 5) is 11.0. The van der Waals surface area contributed by atoms with E-state index in [1.165, 1.54) is 7.11 Å². The predicted molar refractivity (Wildman–Crippen MR) is 58.8 cm³/mol. The number of rotatable bonds is 3. The second kappa shape index (κ2) is 4.33. The first-order valence-corrected chi connectivity index (χ1v) is 7.27. The second-order valence-electron chi connectivity index (χ2n) is 4.61. The Bertz CT molecular complexity index is 366. The third kappa shape index (κ3) is 2.38. The Kier molecular flexibility index (Phi) is 3.21. The second-order valence-corrected chi connectivity index (χ2v) is 6.90. The van der Waals surface area contributed by atoms with Crippen molar-refractivity contribution in [2.45, 2.75) is 43.0 Å². The summed E-state index contributed by atoms with van der Waals surface area (Å²) in [6, 6.07) is 0.632. The minimum absolute atomic E-state index is 0.316. The van der Waals surface area contributed by atoms with Gasteiger partial charge in [-0.2, -0.15) is 0 Å². The largest absolute Gasteiger partial charge is 0.468 e. The van der Waals surface area contributed by atoms with Crippen LogP contribution in [-0.2, 0) is 19.4 Å². The number of carbonyl (C=O) groups is 1. The van der Waals surface area contributed by atoms with Gasteiger partial charge >= 0.3 is 5.97 Å². The molecule has 0 spiro atoms. The van der Waals surface area contributed by atoms with Gasteiger partial charge in [-0.1, -0.05) is 0 Å². The first-order valence-electron chi connectivity index (χ1n) is 5.55. The van der Waals surface area contributed by atoms with Crippen molar-refractivity contribution < 1.29 is 17.9 Å². The zero-order valence-electron chi connectivity index (χ0n) is 9.31. The van der Waals surface area contributed by atoms with Gasteiger partial charge in [-0.3, -0.25) is 4.79 Å². The van der Waals surface area contributed by atoms with Crippen molar-refractivity contribution in [3.05, 3.63) is 0 Å². The molecule has 2 heterocycles. The zero-order valence-corrected chi connectivity index (χ0v) is 10.1. The van der Waals surface area contributed by atoms with Crippen molar-refractivity contribution in [3.8, 4) is 0 Å². The summed E-state index contributed by atoms with van der Waals surface area (Å²) in [5.74, 6) is -1.14. The number of esters is 1. The SMILES string of the molecule is COC(=O)CS(=O)(=O)C1CC2CCC(C1)N2. The summed E-state index contributed by atoms with van der Waals surface area (Å²) < 4.78 is 28.3. The molecule has 2 rings (SSSR count). The number of nitrogens with one attached hydrogen (secondary N) is 1. The van der Waals surface area contributed by atoms with E-state index in [-0.39, 0.29) is 5.25 Å². The molecule has 2 bridgehead atoms. The van der Waals surface area contributed by atoms with E-state index in [0.29, 0.717) is 24.9 Å². The summed E-state index contributed by atoms with van der Waals surface area (Å²) in [7, 11) is -2.12. The molecule has 0 saturated carbocycles. The van der Waals surface area contributed by atoms with Crippen LogP contribution in [0.2, 0.25) is 0 Å². The monoisotopic (exact) mass is 247 g/mol. The summed E-state index contributed by atoms with van der Waals surface area (Å²) in [6.07, 6.45) is 3.37. The Morgan fingerprint density at radius 3 is 2.38 bits per heavy atom. The molecule has 0 aromatic rings. The number of ether oxygens (including phenoxy) is 1. The van der Waals surface area contributed by atoms with E-state index in [1.807, 2.05) is 0 Å². The minimum Gasteiger partial charge on any atom is -0.468 e. The Labute approximate surface area is 95.5 Å². The molecule has 2 fully saturated rings. The summed E-state index contributed by atoms with van der Waals surface area (Å²) in [5.41, 5.74) is 0. The van der Waals surface area contributed by atoms with E-state index >= 15 is 0 Å². The van der Waals surface area contributed by atoms with Crippen LogP contribution in [-0.4, -0.2) is 44.6 Å². The summed E-state index contributed by atoms with van der Waals surface area (Å²) >= 11 is 0. The highest BCUT2D eigenvalue weighted by Gasteiger charge is 2.40. The van der Waals surface area contributed by atoms with Gasteiger partial charge in [0.2, 0.25) is 0 Å². The van der Waals surface area contributed by atoms with Gasteiger partial charge in [0.05, 0.1) is 12.4 Å². The molecule has 92 valence electrons. The molecule has 0 radical (unpaired) electrons. The van der Waals surface area contributed by atoms with Crippen LogP contribution in [0.5, 0.6) is 0 Å². The van der Waals surface area contributed by atoms with Gasteiger partial charge in [-0.05, 0) is 25.7 Å². The fourth-order valence-corrected chi connectivity index (χ4v) is 4.37. The Morgan fingerprint density at radius 2 is 1.88 bits per heavy atom. The maximum absolute atomic E-state index is 11.9. The van der Waals surface area contributed by atoms with Gasteiger partial charge in [0.1, 0.15) is 5.75 Å². The predicted octanol–water partition coefficient (Wildman–Crippen LogP) is -0.143. The summed E-state index contributed by atoms with van der Waals surface area (Å²) in [5, 5.41) is 3.01. The molecule has 2 aliphatic rings. The third-order valence-electron chi connectivity index (χ3n) is 3.48. The number of methoxy groups -OCH3 is 1. The maximum atomic E-state index is 11.9. The van der Waals surface area contributed by atoms with Gasteiger partial charge in [0.25, 0.3) is 0 Å². The molecule has 2 aliphatic heterocycles. The highest BCUT2D eigenvalue weighted by atomic mass is 32.2. The molecule has 6 heteroatoms. The van der Waals surface area contributed by atoms with Crippen molar-refractivity contribution in [3.63, 3.8) is 0 Å². The molecule has 0 aromatic heterocycles. The van der Waals surface area contributed by atoms with Crippen LogP contribution in [0.25, 0.3) is 0 Å². The lowest BCUT2D eigenvalue weighted by molar-refractivity contribution is -0.137. The van der Waals surface area contributed by atoms with E-state index in [2.05, 4.69) is 10.1 Å². The lowest BCUT2D eigenvalue weighted by atomic mass is 10.1. The van der Waals surface area contributed by atoms with Crippen LogP contribution < -0.4 is 5.32 Å². The zero-order chi connectivity index (χ0) is 11.8. The number of carbonyl (C=O) groups excluding carboxylic acids is 1. The quantitative estimate of drug-likeness (QED) is 0.703. The number of fused-ring (bicyclic) bond motifs is 2. The molecule has 5 nitrogen and oxygen atoms in total. The molecule has 1 N–H and O–H groups in total. The number of hydrogen-bond acceptors (Lipinski definition) is 5. The number of sulfone groups is 1. The minimum atomic E-state index is -3.34. The van der Waals surface area contributed by atoms with E-state index < -0.39 is 21.6 Å². The maximum Gasteiger partial charge on any atom is 0.320 e. The number of hydrogen-bond donors (Lipinski definition) is 1. The Balaban J connectivity index is 2.04. The number of piperidine rings is 1. The van der Waals surface area contributed by atoms with Crippen LogP contribution in [0.3, 0.4) is 0 Å². The van der Waals surface area contributed by atoms with Gasteiger partial charge in [-0.15, -0.1) is 0 Å². The third-order valence-corrected chi connectivity index (χ3v) is 5.52. The smallest absolute Gasteiger partial charge is 0.320 e. The van der Waals surface area contributed by atoms with Gasteiger partial charge < -0.3 is 10.1 Å². The van der Waals surface area contributed by atoms with Crippen molar-refractivity contribution in [2.24, 2.45) is 0 Å². The van der Waals surface area contributed by atoms with Crippen molar-refractivity contribution in [1.82, 2.24) is 5.32 Å². The van der Waals surface area contributed by atoms with Crippen molar-refractivity contribution in [2.75, 3.05) is 12.9 Å². The molecular formula is C10H17NO4S. The molecule has 0 amide bonds. The lowest BCUT2D eigenvalue weighted by Crippen LogP contribution is -2.44. The molecule has 0 aromatic carbocycles. The molecule has 0 aliphatic carbocycles. The lowest BCUT2D eigenvalue weighted by Gasteiger charge is -2.28. The van der Waals surface area contributed by atoms with Crippen molar-refractivity contribution in [1.29, 1.82) is 0 Å². The highest BCUT2D eigenvalue weighted by molar-refractivity contribution is 7.92. The molecule has 16 heavy (non-hydrogen) atoms. The first kappa shape index (κ1) is 11.9. The normalized spacial score (nSPS) is 33.7. The van der Waals surface area contributed by atoms with Crippen LogP contribution in [0, 0.1) is 0 Å². The average Bonchev–Trinajstić information content (AvgIpc) is 2.56. The first-order chi connectivity index (χ1) is 7.51. The molecule has 2 saturated heterocycles. The van der Waals surface area contributed by atoms with E-state index in [1.54, 1.807) is 0 Å². The van der Waals surface area contributed by atoms with E-state index in [4.69, 9.17) is 0 Å². The standard InChI is InChI=1S/C10H17NO4S/c1-15-10(12)6-16(13,14)9-4-7-2-3-8(5-9)11-7/h7-9,11H,2-6H2,1H3.